The molecule has 0 amide bonds. The Morgan fingerprint density at radius 3 is 2.61 bits per heavy atom. The molecule has 2 unspecified atom stereocenters. The molecule has 0 spiro atoms. The summed E-state index contributed by atoms with van der Waals surface area (Å²) in [6.07, 6.45) is 5.81. The van der Waals surface area contributed by atoms with Gasteiger partial charge in [0.2, 0.25) is 5.95 Å². The van der Waals surface area contributed by atoms with Crippen molar-refractivity contribution in [2.24, 2.45) is 5.92 Å². The quantitative estimate of drug-likeness (QED) is 0.324. The maximum atomic E-state index is 5.52. The molecule has 0 bridgehead atoms. The van der Waals surface area contributed by atoms with Gasteiger partial charge in [-0.25, -0.2) is 20.1 Å². The van der Waals surface area contributed by atoms with Gasteiger partial charge in [0.25, 0.3) is 0 Å². The number of methoxy groups -OCH3 is 1. The minimum atomic E-state index is 0.397. The van der Waals surface area contributed by atoms with Crippen LogP contribution in [0.1, 0.15) is 31.7 Å². The molecular weight excluding hydrogens is 416 g/mol. The summed E-state index contributed by atoms with van der Waals surface area (Å²) in [7, 11) is 1.72. The van der Waals surface area contributed by atoms with Gasteiger partial charge in [-0.05, 0) is 42.0 Å². The molecule has 0 saturated heterocycles. The van der Waals surface area contributed by atoms with Gasteiger partial charge >= 0.3 is 0 Å². The number of H-pyrrole nitrogens is 1. The van der Waals surface area contributed by atoms with Crippen molar-refractivity contribution in [3.05, 3.63) is 66.9 Å². The lowest BCUT2D eigenvalue weighted by atomic mass is 9.90. The fourth-order valence-corrected chi connectivity index (χ4v) is 3.78. The van der Waals surface area contributed by atoms with Crippen LogP contribution in [0.2, 0.25) is 0 Å². The third-order valence-electron chi connectivity index (χ3n) is 5.45. The molecule has 0 saturated carbocycles. The van der Waals surface area contributed by atoms with Crippen molar-refractivity contribution in [2.45, 2.75) is 26.2 Å². The van der Waals surface area contributed by atoms with Crippen LogP contribution in [0.15, 0.2) is 61.3 Å². The Balaban J connectivity index is 1.34. The zero-order valence-corrected chi connectivity index (χ0v) is 19.0. The van der Waals surface area contributed by atoms with Gasteiger partial charge in [0.05, 0.1) is 12.8 Å². The number of anilines is 3. The summed E-state index contributed by atoms with van der Waals surface area (Å²) in [4.78, 5) is 17.2. The van der Waals surface area contributed by atoms with Crippen LogP contribution < -0.4 is 15.4 Å². The molecule has 4 rings (SSSR count). The van der Waals surface area contributed by atoms with E-state index in [1.165, 1.54) is 11.9 Å². The minimum Gasteiger partial charge on any atom is -0.496 e. The van der Waals surface area contributed by atoms with Crippen molar-refractivity contribution >= 4 is 17.6 Å². The Morgan fingerprint density at radius 1 is 0.970 bits per heavy atom. The molecule has 0 aliphatic heterocycles. The van der Waals surface area contributed by atoms with Crippen LogP contribution in [0.5, 0.6) is 5.75 Å². The Labute approximate surface area is 193 Å². The fraction of sp³-hybridized carbons (Fsp3) is 0.292. The van der Waals surface area contributed by atoms with Crippen molar-refractivity contribution in [1.82, 2.24) is 30.1 Å². The maximum Gasteiger partial charge on any atom is 0.224 e. The monoisotopic (exact) mass is 444 g/mol. The van der Waals surface area contributed by atoms with Gasteiger partial charge in [0.15, 0.2) is 0 Å². The van der Waals surface area contributed by atoms with Gasteiger partial charge in [-0.3, -0.25) is 0 Å². The molecule has 9 heteroatoms. The first-order valence-corrected chi connectivity index (χ1v) is 10.9. The van der Waals surface area contributed by atoms with Gasteiger partial charge in [-0.15, -0.1) is 0 Å². The molecule has 0 radical (unpaired) electrons. The van der Waals surface area contributed by atoms with Crippen LogP contribution in [0.4, 0.5) is 17.6 Å². The molecule has 1 aromatic carbocycles. The topological polar surface area (TPSA) is 114 Å². The average Bonchev–Trinajstić information content (AvgIpc) is 3.36. The van der Waals surface area contributed by atoms with Crippen molar-refractivity contribution < 1.29 is 4.74 Å². The lowest BCUT2D eigenvalue weighted by molar-refractivity contribution is 0.400. The Hall–Kier alpha value is -4.01. The molecule has 170 valence electrons. The van der Waals surface area contributed by atoms with E-state index < -0.39 is 0 Å². The SMILES string of the molecule is COc1ccccc1C(C)CC(C)CNc1cc(-c2ccc(Nc3ncn[nH]3)nc2)ncn1. The summed E-state index contributed by atoms with van der Waals surface area (Å²) in [5.74, 6) is 3.79. The summed E-state index contributed by atoms with van der Waals surface area (Å²) in [5, 5.41) is 13.0. The highest BCUT2D eigenvalue weighted by atomic mass is 16.5. The van der Waals surface area contributed by atoms with E-state index in [1.54, 1.807) is 19.6 Å². The van der Waals surface area contributed by atoms with Crippen molar-refractivity contribution in [1.29, 1.82) is 0 Å². The zero-order chi connectivity index (χ0) is 23.0. The van der Waals surface area contributed by atoms with Crippen LogP contribution in [0.3, 0.4) is 0 Å². The normalized spacial score (nSPS) is 12.7. The van der Waals surface area contributed by atoms with Gasteiger partial charge in [-0.2, -0.15) is 10.1 Å². The summed E-state index contributed by atoms with van der Waals surface area (Å²) in [6, 6.07) is 14.0. The van der Waals surface area contributed by atoms with E-state index in [4.69, 9.17) is 4.74 Å². The molecule has 33 heavy (non-hydrogen) atoms. The molecule has 2 atom stereocenters. The smallest absolute Gasteiger partial charge is 0.224 e. The molecule has 0 aliphatic carbocycles. The Kier molecular flexibility index (Phi) is 7.09. The fourth-order valence-electron chi connectivity index (χ4n) is 3.78. The molecule has 9 nitrogen and oxygen atoms in total. The summed E-state index contributed by atoms with van der Waals surface area (Å²) >= 11 is 0. The number of ether oxygens (including phenoxy) is 1. The average molecular weight is 445 g/mol. The van der Waals surface area contributed by atoms with Crippen LogP contribution in [0.25, 0.3) is 11.3 Å². The van der Waals surface area contributed by atoms with Gasteiger partial charge in [0, 0.05) is 24.4 Å². The molecule has 0 fully saturated rings. The maximum absolute atomic E-state index is 5.52. The number of rotatable bonds is 10. The molecule has 3 N–H and O–H groups in total. The number of benzene rings is 1. The number of aromatic nitrogens is 6. The van der Waals surface area contributed by atoms with Crippen molar-refractivity contribution in [3.63, 3.8) is 0 Å². The lowest BCUT2D eigenvalue weighted by Gasteiger charge is -2.20. The van der Waals surface area contributed by atoms with E-state index in [1.807, 2.05) is 30.3 Å². The second kappa shape index (κ2) is 10.5. The highest BCUT2D eigenvalue weighted by Crippen LogP contribution is 2.30. The van der Waals surface area contributed by atoms with E-state index in [0.717, 1.165) is 35.8 Å². The third-order valence-corrected chi connectivity index (χ3v) is 5.45. The molecule has 3 aromatic heterocycles. The summed E-state index contributed by atoms with van der Waals surface area (Å²) in [5.41, 5.74) is 2.95. The first-order valence-electron chi connectivity index (χ1n) is 10.9. The van der Waals surface area contributed by atoms with Crippen LogP contribution >= 0.6 is 0 Å². The van der Waals surface area contributed by atoms with E-state index in [0.29, 0.717) is 23.6 Å². The predicted molar refractivity (Wildman–Crippen MR) is 129 cm³/mol. The zero-order valence-electron chi connectivity index (χ0n) is 19.0. The second-order valence-electron chi connectivity index (χ2n) is 8.04. The largest absolute Gasteiger partial charge is 0.496 e. The standard InChI is InChI=1S/C24H28N8O/c1-16(10-17(2)19-6-4-5-7-21(19)33-3)12-25-23-11-20(27-14-28-23)18-8-9-22(26-13-18)31-24-29-15-30-32-24/h4-9,11,13-17H,10,12H2,1-3H3,(H,25,27,28)(H2,26,29,30,31,32). The number of nitrogens with one attached hydrogen (secondary N) is 3. The third kappa shape index (κ3) is 5.82. The number of para-hydroxylation sites is 1. The van der Waals surface area contributed by atoms with Crippen LogP contribution in [-0.4, -0.2) is 43.8 Å². The van der Waals surface area contributed by atoms with E-state index in [9.17, 15) is 0 Å². The highest BCUT2D eigenvalue weighted by molar-refractivity contribution is 5.63. The molecule has 0 aliphatic rings. The number of aromatic amines is 1. The van der Waals surface area contributed by atoms with Gasteiger partial charge < -0.3 is 15.4 Å². The highest BCUT2D eigenvalue weighted by Gasteiger charge is 2.15. The Bertz CT molecular complexity index is 1150. The van der Waals surface area contributed by atoms with Crippen molar-refractivity contribution in [3.8, 4) is 17.0 Å². The molecule has 4 aromatic rings. The summed E-state index contributed by atoms with van der Waals surface area (Å²) in [6.45, 7) is 5.30. The number of hydrogen-bond acceptors (Lipinski definition) is 8. The predicted octanol–water partition coefficient (Wildman–Crippen LogP) is 4.65. The van der Waals surface area contributed by atoms with Gasteiger partial charge in [-0.1, -0.05) is 32.0 Å². The minimum absolute atomic E-state index is 0.397. The number of pyridine rings is 1. The molecule has 3 heterocycles. The van der Waals surface area contributed by atoms with Crippen LogP contribution in [-0.2, 0) is 0 Å². The lowest BCUT2D eigenvalue weighted by Crippen LogP contribution is -2.15. The Morgan fingerprint density at radius 2 is 1.85 bits per heavy atom. The second-order valence-corrected chi connectivity index (χ2v) is 8.04. The van der Waals surface area contributed by atoms with Gasteiger partial charge in [0.1, 0.15) is 30.0 Å². The van der Waals surface area contributed by atoms with Crippen molar-refractivity contribution in [2.75, 3.05) is 24.3 Å². The molecular formula is C24H28N8O. The first kappa shape index (κ1) is 22.2. The van der Waals surface area contributed by atoms with E-state index >= 15 is 0 Å². The van der Waals surface area contributed by atoms with E-state index in [2.05, 4.69) is 66.7 Å². The number of hydrogen-bond donors (Lipinski definition) is 3. The number of nitrogens with zero attached hydrogens (tertiary/aromatic N) is 5. The van der Waals surface area contributed by atoms with E-state index in [-0.39, 0.29) is 0 Å². The summed E-state index contributed by atoms with van der Waals surface area (Å²) < 4.78 is 5.52. The van der Waals surface area contributed by atoms with Crippen LogP contribution in [0, 0.1) is 5.92 Å². The first-order chi connectivity index (χ1) is 16.1.